The van der Waals surface area contributed by atoms with Gasteiger partial charge in [0.1, 0.15) is 12.2 Å². The van der Waals surface area contributed by atoms with Crippen molar-refractivity contribution < 1.29 is 14.0 Å². The molecule has 0 saturated heterocycles. The van der Waals surface area contributed by atoms with Gasteiger partial charge in [-0.25, -0.2) is 9.97 Å². The van der Waals surface area contributed by atoms with E-state index in [0.717, 1.165) is 5.56 Å². The van der Waals surface area contributed by atoms with Crippen LogP contribution in [0.1, 0.15) is 33.6 Å². The highest BCUT2D eigenvalue weighted by Crippen LogP contribution is 2.23. The molecule has 9 nitrogen and oxygen atoms in total. The Morgan fingerprint density at radius 1 is 1.10 bits per heavy atom. The van der Waals surface area contributed by atoms with Crippen LogP contribution in [0.5, 0.6) is 0 Å². The summed E-state index contributed by atoms with van der Waals surface area (Å²) in [5.41, 5.74) is 1.91. The van der Waals surface area contributed by atoms with Crippen LogP contribution in [0.25, 0.3) is 11.3 Å². The highest BCUT2D eigenvalue weighted by atomic mass is 16.3. The maximum Gasteiger partial charge on any atom is 0.279 e. The van der Waals surface area contributed by atoms with E-state index in [1.165, 1.54) is 24.3 Å². The van der Waals surface area contributed by atoms with Crippen molar-refractivity contribution in [3.05, 3.63) is 78.2 Å². The minimum atomic E-state index is -0.457. The summed E-state index contributed by atoms with van der Waals surface area (Å²) in [7, 11) is 0. The molecule has 3 aromatic heterocycles. The second kappa shape index (κ2) is 7.85. The Balaban J connectivity index is 1.48. The average Bonchev–Trinajstić information content (AvgIpc) is 3.38. The van der Waals surface area contributed by atoms with Crippen LogP contribution in [0, 0.1) is 0 Å². The molecule has 0 unspecified atom stereocenters. The summed E-state index contributed by atoms with van der Waals surface area (Å²) in [5, 5.41) is 11.0. The van der Waals surface area contributed by atoms with Gasteiger partial charge in [-0.05, 0) is 12.1 Å². The van der Waals surface area contributed by atoms with Gasteiger partial charge in [-0.3, -0.25) is 9.59 Å². The predicted octanol–water partition coefficient (Wildman–Crippen LogP) is 2.83. The second-order valence-corrected chi connectivity index (χ2v) is 6.18. The number of benzene rings is 1. The lowest BCUT2D eigenvalue weighted by molar-refractivity contribution is 0.100. The number of aromatic nitrogens is 5. The van der Waals surface area contributed by atoms with E-state index in [2.05, 4.69) is 25.5 Å². The molecule has 0 atom stereocenters. The van der Waals surface area contributed by atoms with E-state index in [9.17, 15) is 9.59 Å². The molecular formula is C20H16N6O3. The van der Waals surface area contributed by atoms with E-state index >= 15 is 0 Å². The molecule has 0 aliphatic rings. The van der Waals surface area contributed by atoms with Crippen molar-refractivity contribution in [2.75, 3.05) is 5.32 Å². The quantitative estimate of drug-likeness (QED) is 0.505. The summed E-state index contributed by atoms with van der Waals surface area (Å²) >= 11 is 0. The van der Waals surface area contributed by atoms with Gasteiger partial charge in [-0.1, -0.05) is 36.4 Å². The summed E-state index contributed by atoms with van der Waals surface area (Å²) in [6.45, 7) is 1.72. The van der Waals surface area contributed by atoms with Crippen molar-refractivity contribution in [3.8, 4) is 11.3 Å². The van der Waals surface area contributed by atoms with E-state index in [1.807, 2.05) is 30.3 Å². The molecule has 1 aromatic carbocycles. The second-order valence-electron chi connectivity index (χ2n) is 6.18. The molecule has 0 aliphatic carbocycles. The smallest absolute Gasteiger partial charge is 0.279 e. The number of anilines is 1. The summed E-state index contributed by atoms with van der Waals surface area (Å²) in [4.78, 5) is 33.7. The maximum atomic E-state index is 12.6. The third kappa shape index (κ3) is 4.08. The molecule has 0 aliphatic heterocycles. The summed E-state index contributed by atoms with van der Waals surface area (Å²) in [6, 6.07) is 14.4. The average molecular weight is 388 g/mol. The first-order chi connectivity index (χ1) is 14.1. The molecular weight excluding hydrogens is 372 g/mol. The molecule has 1 N–H and O–H groups in total. The molecule has 0 bridgehead atoms. The molecule has 3 heterocycles. The van der Waals surface area contributed by atoms with Gasteiger partial charge >= 0.3 is 0 Å². The third-order valence-electron chi connectivity index (χ3n) is 4.07. The monoisotopic (exact) mass is 388 g/mol. The topological polar surface area (TPSA) is 116 Å². The molecule has 9 heteroatoms. The zero-order chi connectivity index (χ0) is 20.2. The third-order valence-corrected chi connectivity index (χ3v) is 4.07. The van der Waals surface area contributed by atoms with Gasteiger partial charge in [0.15, 0.2) is 29.4 Å². The van der Waals surface area contributed by atoms with Crippen LogP contribution in [0.3, 0.4) is 0 Å². The normalized spacial score (nSPS) is 10.7. The van der Waals surface area contributed by atoms with Gasteiger partial charge < -0.3 is 9.73 Å². The van der Waals surface area contributed by atoms with Gasteiger partial charge in [-0.2, -0.15) is 9.90 Å². The number of hydrogen-bond acceptors (Lipinski definition) is 7. The first kappa shape index (κ1) is 18.2. The van der Waals surface area contributed by atoms with Crippen LogP contribution in [0.2, 0.25) is 0 Å². The van der Waals surface area contributed by atoms with Crippen molar-refractivity contribution >= 4 is 17.5 Å². The molecule has 0 saturated carbocycles. The molecule has 144 valence electrons. The zero-order valence-electron chi connectivity index (χ0n) is 15.4. The van der Waals surface area contributed by atoms with Crippen LogP contribution < -0.4 is 5.32 Å². The predicted molar refractivity (Wildman–Crippen MR) is 103 cm³/mol. The maximum absolute atomic E-state index is 12.6. The number of rotatable bonds is 6. The summed E-state index contributed by atoms with van der Waals surface area (Å²) < 4.78 is 5.38. The summed E-state index contributed by atoms with van der Waals surface area (Å²) in [6.07, 6.45) is 2.65. The number of Topliss-reactive ketones (excluding diaryl/α,β-unsaturated/α-hetero) is 1. The first-order valence-electron chi connectivity index (χ1n) is 8.77. The van der Waals surface area contributed by atoms with Gasteiger partial charge in [0.2, 0.25) is 0 Å². The van der Waals surface area contributed by atoms with E-state index in [0.29, 0.717) is 17.1 Å². The largest absolute Gasteiger partial charge is 0.443 e. The van der Waals surface area contributed by atoms with E-state index in [1.54, 1.807) is 18.2 Å². The number of amides is 1. The van der Waals surface area contributed by atoms with Gasteiger partial charge in [0.05, 0.1) is 11.9 Å². The van der Waals surface area contributed by atoms with Gasteiger partial charge in [-0.15, -0.1) is 5.10 Å². The lowest BCUT2D eigenvalue weighted by Gasteiger charge is -2.02. The fourth-order valence-corrected chi connectivity index (χ4v) is 2.72. The van der Waals surface area contributed by atoms with Crippen LogP contribution in [0.4, 0.5) is 5.82 Å². The van der Waals surface area contributed by atoms with E-state index in [4.69, 9.17) is 4.42 Å². The number of pyridine rings is 1. The molecule has 0 radical (unpaired) electrons. The van der Waals surface area contributed by atoms with Crippen LogP contribution in [-0.2, 0) is 6.54 Å². The zero-order valence-corrected chi connectivity index (χ0v) is 15.4. The van der Waals surface area contributed by atoms with E-state index in [-0.39, 0.29) is 23.8 Å². The number of ketones is 1. The number of hydrogen-bond donors (Lipinski definition) is 1. The van der Waals surface area contributed by atoms with Gasteiger partial charge in [0.25, 0.3) is 5.91 Å². The Morgan fingerprint density at radius 2 is 1.93 bits per heavy atom. The fraction of sp³-hybridized carbons (Fsp3) is 0.100. The Hall–Kier alpha value is -4.14. The van der Waals surface area contributed by atoms with Gasteiger partial charge in [0, 0.05) is 12.5 Å². The molecule has 1 amide bonds. The summed E-state index contributed by atoms with van der Waals surface area (Å²) in [5.74, 6) is 0.0666. The van der Waals surface area contributed by atoms with Crippen LogP contribution in [0.15, 0.2) is 65.5 Å². The Bertz CT molecular complexity index is 1170. The molecule has 4 rings (SSSR count). The van der Waals surface area contributed by atoms with Crippen molar-refractivity contribution in [1.29, 1.82) is 0 Å². The number of carbonyl (C=O) groups excluding carboxylic acids is 2. The van der Waals surface area contributed by atoms with Crippen molar-refractivity contribution in [3.63, 3.8) is 0 Å². The Morgan fingerprint density at radius 3 is 2.72 bits per heavy atom. The highest BCUT2D eigenvalue weighted by molar-refractivity contribution is 6.05. The molecule has 0 spiro atoms. The lowest BCUT2D eigenvalue weighted by Crippen LogP contribution is -2.14. The van der Waals surface area contributed by atoms with Crippen LogP contribution in [-0.4, -0.2) is 36.7 Å². The fourth-order valence-electron chi connectivity index (χ4n) is 2.72. The Labute approximate surface area is 165 Å². The first-order valence-corrected chi connectivity index (χ1v) is 8.77. The van der Waals surface area contributed by atoms with E-state index < -0.39 is 5.91 Å². The highest BCUT2D eigenvalue weighted by Gasteiger charge is 2.19. The molecule has 0 fully saturated rings. The standard InChI is InChI=1S/C20H16N6O3/c1-13(27)16-9-5-8-15(23-16)11-26-22-10-17(25-26)24-20(28)18-19(29-12-21-18)14-6-3-2-4-7-14/h2-10,12H,11H2,1H3,(H,24,25,28). The lowest BCUT2D eigenvalue weighted by atomic mass is 10.1. The van der Waals surface area contributed by atoms with Crippen molar-refractivity contribution in [2.45, 2.75) is 13.5 Å². The number of nitrogens with one attached hydrogen (secondary N) is 1. The van der Waals surface area contributed by atoms with Crippen molar-refractivity contribution in [2.24, 2.45) is 0 Å². The number of oxazole rings is 1. The van der Waals surface area contributed by atoms with Crippen LogP contribution >= 0.6 is 0 Å². The molecule has 29 heavy (non-hydrogen) atoms. The minimum Gasteiger partial charge on any atom is -0.443 e. The molecule has 4 aromatic rings. The number of nitrogens with zero attached hydrogens (tertiary/aromatic N) is 5. The minimum absolute atomic E-state index is 0.116. The number of carbonyl (C=O) groups is 2. The SMILES string of the molecule is CC(=O)c1cccc(Cn2ncc(NC(=O)c3ncoc3-c3ccccc3)n2)n1. The Kier molecular flexibility index (Phi) is 4.93. The van der Waals surface area contributed by atoms with Crippen molar-refractivity contribution in [1.82, 2.24) is 25.0 Å².